The van der Waals surface area contributed by atoms with Crippen molar-refractivity contribution in [3.05, 3.63) is 30.1 Å². The zero-order valence-electron chi connectivity index (χ0n) is 12.3. The molecule has 1 unspecified atom stereocenters. The van der Waals surface area contributed by atoms with Crippen LogP contribution in [0.2, 0.25) is 0 Å². The Morgan fingerprint density at radius 3 is 2.48 bits per heavy atom. The minimum Gasteiger partial charge on any atom is -0.370 e. The summed E-state index contributed by atoms with van der Waals surface area (Å²) in [5.41, 5.74) is 7.05. The first kappa shape index (κ1) is 15.2. The van der Waals surface area contributed by atoms with Gasteiger partial charge in [-0.1, -0.05) is 12.8 Å². The van der Waals surface area contributed by atoms with Crippen LogP contribution >= 0.6 is 0 Å². The molecule has 1 atom stereocenters. The number of rotatable bonds is 3. The van der Waals surface area contributed by atoms with E-state index >= 15 is 0 Å². The van der Waals surface area contributed by atoms with Gasteiger partial charge in [-0.2, -0.15) is 0 Å². The van der Waals surface area contributed by atoms with Gasteiger partial charge in [0.15, 0.2) is 5.96 Å². The Bertz CT molecular complexity index is 524. The Hall–Kier alpha value is -2.22. The van der Waals surface area contributed by atoms with Gasteiger partial charge in [0, 0.05) is 31.9 Å². The van der Waals surface area contributed by atoms with Gasteiger partial charge >= 0.3 is 0 Å². The molecule has 1 fully saturated rings. The largest absolute Gasteiger partial charge is 0.370 e. The topological polar surface area (TPSA) is 44.9 Å². The van der Waals surface area contributed by atoms with Crippen LogP contribution in [-0.4, -0.2) is 43.1 Å². The first-order chi connectivity index (χ1) is 10.1. The predicted octanol–water partition coefficient (Wildman–Crippen LogP) is 1.67. The first-order valence-corrected chi connectivity index (χ1v) is 7.19. The van der Waals surface area contributed by atoms with Crippen molar-refractivity contribution >= 4 is 11.6 Å². The number of hydrogen-bond donors (Lipinski definition) is 1. The lowest BCUT2D eigenvalue weighted by Crippen LogP contribution is -2.51. The summed E-state index contributed by atoms with van der Waals surface area (Å²) in [5.74, 6) is 2.92. The quantitative estimate of drug-likeness (QED) is 0.523. The highest BCUT2D eigenvalue weighted by atomic mass is 19.1. The van der Waals surface area contributed by atoms with Crippen molar-refractivity contribution in [3.8, 4) is 12.3 Å². The molecule has 1 aliphatic heterocycles. The van der Waals surface area contributed by atoms with Crippen molar-refractivity contribution in [2.24, 2.45) is 10.7 Å². The maximum Gasteiger partial charge on any atom is 0.192 e. The summed E-state index contributed by atoms with van der Waals surface area (Å²) in [7, 11) is 0. The highest BCUT2D eigenvalue weighted by molar-refractivity contribution is 5.78. The monoisotopic (exact) mass is 288 g/mol. The molecule has 112 valence electrons. The van der Waals surface area contributed by atoms with Gasteiger partial charge in [0.05, 0.1) is 0 Å². The molecule has 0 radical (unpaired) electrons. The molecule has 4 nitrogen and oxygen atoms in total. The molecule has 2 N–H and O–H groups in total. The van der Waals surface area contributed by atoms with Gasteiger partial charge in [-0.3, -0.25) is 0 Å². The van der Waals surface area contributed by atoms with Crippen molar-refractivity contribution < 1.29 is 4.39 Å². The average Bonchev–Trinajstić information content (AvgIpc) is 2.53. The van der Waals surface area contributed by atoms with Crippen LogP contribution in [0.5, 0.6) is 0 Å². The van der Waals surface area contributed by atoms with Crippen LogP contribution in [0.15, 0.2) is 29.3 Å². The fourth-order valence-electron chi connectivity index (χ4n) is 2.33. The summed E-state index contributed by atoms with van der Waals surface area (Å²) in [6.45, 7) is 5.22. The Labute approximate surface area is 125 Å². The Balaban J connectivity index is 1.94. The molecule has 0 saturated carbocycles. The molecule has 1 aliphatic rings. The zero-order chi connectivity index (χ0) is 15.2. The smallest absolute Gasteiger partial charge is 0.192 e. The molecular weight excluding hydrogens is 267 g/mol. The molecule has 0 amide bonds. The summed E-state index contributed by atoms with van der Waals surface area (Å²) in [5, 5.41) is 0. The molecule has 2 rings (SSSR count). The number of nitrogens with zero attached hydrogens (tertiary/aromatic N) is 3. The van der Waals surface area contributed by atoms with Crippen LogP contribution in [-0.2, 0) is 0 Å². The van der Waals surface area contributed by atoms with E-state index in [9.17, 15) is 4.39 Å². The third-order valence-corrected chi connectivity index (χ3v) is 3.66. The summed E-state index contributed by atoms with van der Waals surface area (Å²) >= 11 is 0. The van der Waals surface area contributed by atoms with Gasteiger partial charge in [-0.15, -0.1) is 6.42 Å². The molecule has 1 heterocycles. The van der Waals surface area contributed by atoms with E-state index in [0.717, 1.165) is 38.3 Å². The van der Waals surface area contributed by atoms with E-state index in [1.807, 2.05) is 11.8 Å². The van der Waals surface area contributed by atoms with Crippen LogP contribution in [0.4, 0.5) is 10.1 Å². The van der Waals surface area contributed by atoms with Gasteiger partial charge < -0.3 is 15.5 Å². The number of piperazine rings is 1. The van der Waals surface area contributed by atoms with Crippen molar-refractivity contribution in [1.82, 2.24) is 4.90 Å². The molecule has 1 saturated heterocycles. The summed E-state index contributed by atoms with van der Waals surface area (Å²) in [4.78, 5) is 8.61. The van der Waals surface area contributed by atoms with Crippen LogP contribution in [0.3, 0.4) is 0 Å². The SMILES string of the molecule is C#CC(CC)N=C(N)N1CCN(c2ccc(F)cc2)CC1. The lowest BCUT2D eigenvalue weighted by atomic mass is 10.2. The molecule has 1 aromatic carbocycles. The number of nitrogens with two attached hydrogens (primary N) is 1. The predicted molar refractivity (Wildman–Crippen MR) is 84.7 cm³/mol. The van der Waals surface area contributed by atoms with E-state index in [2.05, 4.69) is 15.8 Å². The summed E-state index contributed by atoms with van der Waals surface area (Å²) < 4.78 is 12.9. The fraction of sp³-hybridized carbons (Fsp3) is 0.438. The highest BCUT2D eigenvalue weighted by Gasteiger charge is 2.19. The second-order valence-corrected chi connectivity index (χ2v) is 5.03. The first-order valence-electron chi connectivity index (χ1n) is 7.19. The highest BCUT2D eigenvalue weighted by Crippen LogP contribution is 2.16. The van der Waals surface area contributed by atoms with Gasteiger partial charge in [0.1, 0.15) is 11.9 Å². The van der Waals surface area contributed by atoms with Crippen LogP contribution in [0, 0.1) is 18.2 Å². The van der Waals surface area contributed by atoms with Crippen LogP contribution < -0.4 is 10.6 Å². The van der Waals surface area contributed by atoms with Gasteiger partial charge in [-0.25, -0.2) is 9.38 Å². The maximum absolute atomic E-state index is 12.9. The number of halogens is 1. The van der Waals surface area contributed by atoms with Crippen LogP contribution in [0.1, 0.15) is 13.3 Å². The number of aliphatic imine (C=N–C) groups is 1. The normalized spacial score (nSPS) is 17.5. The molecule has 0 aliphatic carbocycles. The number of anilines is 1. The molecule has 0 aromatic heterocycles. The van der Waals surface area contributed by atoms with Crippen molar-refractivity contribution in [2.45, 2.75) is 19.4 Å². The third kappa shape index (κ3) is 3.88. The summed E-state index contributed by atoms with van der Waals surface area (Å²) in [6, 6.07) is 6.41. The lowest BCUT2D eigenvalue weighted by molar-refractivity contribution is 0.380. The van der Waals surface area contributed by atoms with E-state index in [-0.39, 0.29) is 11.9 Å². The van der Waals surface area contributed by atoms with E-state index in [1.165, 1.54) is 12.1 Å². The molecule has 21 heavy (non-hydrogen) atoms. The van der Waals surface area contributed by atoms with Crippen molar-refractivity contribution in [3.63, 3.8) is 0 Å². The Kier molecular flexibility index (Phi) is 5.04. The standard InChI is InChI=1S/C16H21FN4/c1-3-14(4-2)19-16(18)21-11-9-20(10-12-21)15-7-5-13(17)6-8-15/h1,5-8,14H,4,9-12H2,2H3,(H2,18,19). The molecular formula is C16H21FN4. The third-order valence-electron chi connectivity index (χ3n) is 3.66. The minimum atomic E-state index is -0.214. The van der Waals surface area contributed by atoms with E-state index in [0.29, 0.717) is 5.96 Å². The zero-order valence-corrected chi connectivity index (χ0v) is 12.3. The van der Waals surface area contributed by atoms with E-state index in [1.54, 1.807) is 12.1 Å². The summed E-state index contributed by atoms with van der Waals surface area (Å²) in [6.07, 6.45) is 6.19. The van der Waals surface area contributed by atoms with Crippen LogP contribution in [0.25, 0.3) is 0 Å². The van der Waals surface area contributed by atoms with Crippen molar-refractivity contribution in [1.29, 1.82) is 0 Å². The van der Waals surface area contributed by atoms with Crippen molar-refractivity contribution in [2.75, 3.05) is 31.1 Å². The van der Waals surface area contributed by atoms with Gasteiger partial charge in [-0.05, 0) is 30.7 Å². The van der Waals surface area contributed by atoms with Gasteiger partial charge in [0.2, 0.25) is 0 Å². The lowest BCUT2D eigenvalue weighted by Gasteiger charge is -2.36. The van der Waals surface area contributed by atoms with Gasteiger partial charge in [0.25, 0.3) is 0 Å². The average molecular weight is 288 g/mol. The van der Waals surface area contributed by atoms with E-state index in [4.69, 9.17) is 12.2 Å². The molecule has 5 heteroatoms. The number of terminal acetylenes is 1. The Morgan fingerprint density at radius 2 is 1.95 bits per heavy atom. The Morgan fingerprint density at radius 1 is 1.33 bits per heavy atom. The van der Waals surface area contributed by atoms with E-state index < -0.39 is 0 Å². The second-order valence-electron chi connectivity index (χ2n) is 5.03. The maximum atomic E-state index is 12.9. The minimum absolute atomic E-state index is 0.153. The molecule has 0 spiro atoms. The number of benzene rings is 1. The molecule has 0 bridgehead atoms. The number of guanidine groups is 1. The molecule has 1 aromatic rings. The second kappa shape index (κ2) is 6.98. The fourth-order valence-corrected chi connectivity index (χ4v) is 2.33. The number of hydrogen-bond acceptors (Lipinski definition) is 2.